The summed E-state index contributed by atoms with van der Waals surface area (Å²) in [6.45, 7) is 4.33. The summed E-state index contributed by atoms with van der Waals surface area (Å²) in [6.07, 6.45) is 0.848. The second kappa shape index (κ2) is 10.4. The Balaban J connectivity index is 1.72. The lowest BCUT2D eigenvalue weighted by Crippen LogP contribution is -2.29. The third-order valence-electron chi connectivity index (χ3n) is 6.89. The summed E-state index contributed by atoms with van der Waals surface area (Å²) in [7, 11) is 1.55. The molecule has 38 heavy (non-hydrogen) atoms. The second-order valence-electron chi connectivity index (χ2n) is 9.09. The number of fused-ring (bicyclic) bond motifs is 1. The minimum atomic E-state index is -0.862. The minimum absolute atomic E-state index is 0.0254. The van der Waals surface area contributed by atoms with Crippen LogP contribution in [0.2, 0.25) is 0 Å². The molecular formula is C32H29NO5. The van der Waals surface area contributed by atoms with Gasteiger partial charge in [0.15, 0.2) is 11.5 Å². The van der Waals surface area contributed by atoms with E-state index in [1.807, 2.05) is 67.6 Å². The van der Waals surface area contributed by atoms with Crippen molar-refractivity contribution in [1.82, 2.24) is 0 Å². The van der Waals surface area contributed by atoms with Gasteiger partial charge in [0.25, 0.3) is 11.7 Å². The van der Waals surface area contributed by atoms with Gasteiger partial charge < -0.3 is 14.6 Å². The van der Waals surface area contributed by atoms with Crippen molar-refractivity contribution in [3.63, 3.8) is 0 Å². The van der Waals surface area contributed by atoms with Crippen molar-refractivity contribution in [3.8, 4) is 11.5 Å². The quantitative estimate of drug-likeness (QED) is 0.177. The molecule has 0 spiro atoms. The SMILES string of the molecule is CCOc1cc(C2/C(=C(\O)c3ccc4ccccc4c3)C(=O)C(=O)N2c2ccc(CC)cc2)ccc1OC. The van der Waals surface area contributed by atoms with Gasteiger partial charge in [-0.1, -0.05) is 61.5 Å². The molecule has 0 saturated carbocycles. The average molecular weight is 508 g/mol. The molecule has 4 aromatic carbocycles. The molecule has 4 aromatic rings. The van der Waals surface area contributed by atoms with Gasteiger partial charge >= 0.3 is 0 Å². The standard InChI is InChI=1S/C32H29NO5/c1-4-20-10-15-25(16-11-20)33-29(23-14-17-26(37-3)27(19-23)38-5-2)28(31(35)32(33)36)30(34)24-13-12-21-8-6-7-9-22(21)18-24/h6-19,29,34H,4-5H2,1-3H3/b30-28+. The first-order valence-electron chi connectivity index (χ1n) is 12.7. The molecule has 192 valence electrons. The van der Waals surface area contributed by atoms with Crippen LogP contribution in [0.3, 0.4) is 0 Å². The number of carbonyl (C=O) groups is 2. The number of aliphatic hydroxyl groups excluding tert-OH is 1. The maximum atomic E-state index is 13.5. The number of rotatable bonds is 7. The Morgan fingerprint density at radius 1 is 0.868 bits per heavy atom. The van der Waals surface area contributed by atoms with Crippen LogP contribution < -0.4 is 14.4 Å². The van der Waals surface area contributed by atoms with Crippen molar-refractivity contribution in [2.75, 3.05) is 18.6 Å². The van der Waals surface area contributed by atoms with E-state index in [1.165, 1.54) is 4.90 Å². The van der Waals surface area contributed by atoms with E-state index in [0.717, 1.165) is 22.8 Å². The van der Waals surface area contributed by atoms with E-state index in [4.69, 9.17) is 9.47 Å². The van der Waals surface area contributed by atoms with E-state index in [-0.39, 0.29) is 11.3 Å². The van der Waals surface area contributed by atoms with Gasteiger partial charge in [-0.05, 0) is 65.6 Å². The number of ketones is 1. The molecule has 0 bridgehead atoms. The van der Waals surface area contributed by atoms with E-state index in [0.29, 0.717) is 34.9 Å². The van der Waals surface area contributed by atoms with Crippen LogP contribution in [-0.2, 0) is 16.0 Å². The number of carbonyl (C=O) groups excluding carboxylic acids is 2. The second-order valence-corrected chi connectivity index (χ2v) is 9.09. The first-order valence-corrected chi connectivity index (χ1v) is 12.7. The number of amides is 1. The molecule has 6 heteroatoms. The lowest BCUT2D eigenvalue weighted by Gasteiger charge is -2.26. The summed E-state index contributed by atoms with van der Waals surface area (Å²) in [5, 5.41) is 13.5. The molecule has 1 atom stereocenters. The molecule has 5 rings (SSSR count). The van der Waals surface area contributed by atoms with E-state index < -0.39 is 17.7 Å². The molecule has 1 aliphatic heterocycles. The normalized spacial score (nSPS) is 16.7. The smallest absolute Gasteiger partial charge is 0.300 e. The molecule has 1 unspecified atom stereocenters. The van der Waals surface area contributed by atoms with E-state index >= 15 is 0 Å². The predicted octanol–water partition coefficient (Wildman–Crippen LogP) is 6.44. The van der Waals surface area contributed by atoms with E-state index in [2.05, 4.69) is 6.92 Å². The van der Waals surface area contributed by atoms with Crippen LogP contribution in [0.4, 0.5) is 5.69 Å². The number of benzene rings is 4. The van der Waals surface area contributed by atoms with E-state index in [1.54, 1.807) is 31.4 Å². The molecule has 0 radical (unpaired) electrons. The predicted molar refractivity (Wildman–Crippen MR) is 149 cm³/mol. The zero-order valence-corrected chi connectivity index (χ0v) is 21.6. The molecule has 1 N–H and O–H groups in total. The van der Waals surface area contributed by atoms with Gasteiger partial charge in [-0.25, -0.2) is 0 Å². The molecular weight excluding hydrogens is 478 g/mol. The van der Waals surface area contributed by atoms with Gasteiger partial charge in [-0.3, -0.25) is 14.5 Å². The number of aliphatic hydroxyl groups is 1. The fourth-order valence-electron chi connectivity index (χ4n) is 4.93. The molecule has 1 amide bonds. The zero-order chi connectivity index (χ0) is 26.8. The lowest BCUT2D eigenvalue weighted by molar-refractivity contribution is -0.132. The molecule has 1 aliphatic rings. The Morgan fingerprint density at radius 3 is 2.29 bits per heavy atom. The monoisotopic (exact) mass is 507 g/mol. The summed E-state index contributed by atoms with van der Waals surface area (Å²) in [6, 6.07) is 25.2. The third kappa shape index (κ3) is 4.39. The number of hydrogen-bond acceptors (Lipinski definition) is 5. The summed E-state index contributed by atoms with van der Waals surface area (Å²) in [5.74, 6) is -0.635. The highest BCUT2D eigenvalue weighted by atomic mass is 16.5. The minimum Gasteiger partial charge on any atom is -0.507 e. The van der Waals surface area contributed by atoms with Crippen LogP contribution in [0, 0.1) is 0 Å². The van der Waals surface area contributed by atoms with Crippen LogP contribution in [0.15, 0.2) is 90.5 Å². The highest BCUT2D eigenvalue weighted by molar-refractivity contribution is 6.51. The number of anilines is 1. The fourth-order valence-corrected chi connectivity index (χ4v) is 4.93. The van der Waals surface area contributed by atoms with Crippen LogP contribution >= 0.6 is 0 Å². The van der Waals surface area contributed by atoms with Crippen molar-refractivity contribution < 1.29 is 24.2 Å². The number of methoxy groups -OCH3 is 1. The zero-order valence-electron chi connectivity index (χ0n) is 21.6. The number of ether oxygens (including phenoxy) is 2. The molecule has 0 aliphatic carbocycles. The number of nitrogens with zero attached hydrogens (tertiary/aromatic N) is 1. The maximum Gasteiger partial charge on any atom is 0.300 e. The topological polar surface area (TPSA) is 76.1 Å². The highest BCUT2D eigenvalue weighted by Gasteiger charge is 2.47. The largest absolute Gasteiger partial charge is 0.507 e. The van der Waals surface area contributed by atoms with Gasteiger partial charge in [-0.15, -0.1) is 0 Å². The van der Waals surface area contributed by atoms with Crippen molar-refractivity contribution in [2.45, 2.75) is 26.3 Å². The Bertz CT molecular complexity index is 1550. The van der Waals surface area contributed by atoms with Crippen molar-refractivity contribution in [2.24, 2.45) is 0 Å². The molecule has 1 heterocycles. The molecule has 6 nitrogen and oxygen atoms in total. The van der Waals surface area contributed by atoms with Crippen LogP contribution in [0.5, 0.6) is 11.5 Å². The third-order valence-corrected chi connectivity index (χ3v) is 6.89. The summed E-state index contributed by atoms with van der Waals surface area (Å²) in [4.78, 5) is 28.5. The lowest BCUT2D eigenvalue weighted by atomic mass is 9.94. The first-order chi connectivity index (χ1) is 18.5. The fraction of sp³-hybridized carbons (Fsp3) is 0.188. The van der Waals surface area contributed by atoms with Gasteiger partial charge in [0.05, 0.1) is 25.3 Å². The maximum absolute atomic E-state index is 13.5. The first kappa shape index (κ1) is 25.1. The van der Waals surface area contributed by atoms with Gasteiger partial charge in [0.2, 0.25) is 0 Å². The Hall–Kier alpha value is -4.58. The molecule has 1 saturated heterocycles. The number of hydrogen-bond donors (Lipinski definition) is 1. The van der Waals surface area contributed by atoms with Crippen LogP contribution in [0.1, 0.15) is 36.6 Å². The Morgan fingerprint density at radius 2 is 1.61 bits per heavy atom. The molecule has 1 fully saturated rings. The van der Waals surface area contributed by atoms with Gasteiger partial charge in [-0.2, -0.15) is 0 Å². The van der Waals surface area contributed by atoms with Crippen LogP contribution in [0.25, 0.3) is 16.5 Å². The molecule has 0 aromatic heterocycles. The van der Waals surface area contributed by atoms with E-state index in [9.17, 15) is 14.7 Å². The van der Waals surface area contributed by atoms with Crippen LogP contribution in [-0.4, -0.2) is 30.5 Å². The average Bonchev–Trinajstić information content (AvgIpc) is 3.22. The van der Waals surface area contributed by atoms with Crippen molar-refractivity contribution >= 4 is 33.9 Å². The van der Waals surface area contributed by atoms with Crippen molar-refractivity contribution in [1.29, 1.82) is 0 Å². The summed E-state index contributed by atoms with van der Waals surface area (Å²) in [5.41, 5.74) is 2.79. The number of aryl methyl sites for hydroxylation is 1. The highest BCUT2D eigenvalue weighted by Crippen LogP contribution is 2.44. The summed E-state index contributed by atoms with van der Waals surface area (Å²) >= 11 is 0. The van der Waals surface area contributed by atoms with Gasteiger partial charge in [0, 0.05) is 11.3 Å². The Kier molecular flexibility index (Phi) is 6.88. The summed E-state index contributed by atoms with van der Waals surface area (Å²) < 4.78 is 11.2. The Labute approximate surface area is 221 Å². The van der Waals surface area contributed by atoms with Crippen molar-refractivity contribution in [3.05, 3.63) is 107 Å². The van der Waals surface area contributed by atoms with Gasteiger partial charge in [0.1, 0.15) is 5.76 Å². The number of Topliss-reactive ketones (excluding diaryl/α,β-unsaturated/α-hetero) is 1.